The molecular weight excluding hydrogens is 382 g/mol. The Bertz CT molecular complexity index is 696. The molecule has 0 aliphatic carbocycles. The lowest BCUT2D eigenvalue weighted by Crippen LogP contribution is -2.79. The Morgan fingerprint density at radius 2 is 1.50 bits per heavy atom. The number of carboxylic acid groups (broad SMARTS) is 3. The van der Waals surface area contributed by atoms with Gasteiger partial charge in [0.1, 0.15) is 0 Å². The Labute approximate surface area is 157 Å². The molecule has 0 unspecified atom stereocenters. The summed E-state index contributed by atoms with van der Waals surface area (Å²) < 4.78 is 4.48. The largest absolute Gasteiger partial charge is 0.478 e. The smallest absolute Gasteiger partial charge is 0.373 e. The minimum Gasteiger partial charge on any atom is -0.478 e. The first kappa shape index (κ1) is 24.1. The normalized spacial score (nSPS) is 12.6. The lowest BCUT2D eigenvalue weighted by molar-refractivity contribution is -0.493. The second-order valence-electron chi connectivity index (χ2n) is 4.81. The van der Waals surface area contributed by atoms with Gasteiger partial charge in [0, 0.05) is 36.0 Å². The highest BCUT2D eigenvalue weighted by Gasteiger charge is 2.20. The number of ether oxygens (including phenoxy) is 1. The number of nitrogens with zero attached hydrogens (tertiary/aromatic N) is 2. The Kier molecular flexibility index (Phi) is 12.3. The SMILES string of the molecule is O=C(O)/C=C\C(=O)OC=[NH+][C@@H](CCCCN=NOC(=O)/C=C\C(=O)O)C(=O)O. The molecule has 0 amide bonds. The number of carbonyl (C=O) groups excluding carboxylic acids is 2. The van der Waals surface area contributed by atoms with Crippen molar-refractivity contribution in [1.82, 2.24) is 0 Å². The minimum absolute atomic E-state index is 0.126. The fourth-order valence-electron chi connectivity index (χ4n) is 1.44. The molecule has 0 bridgehead atoms. The molecule has 28 heavy (non-hydrogen) atoms. The zero-order chi connectivity index (χ0) is 21.4. The number of carboxylic acids is 3. The van der Waals surface area contributed by atoms with Gasteiger partial charge >= 0.3 is 36.2 Å². The first-order chi connectivity index (χ1) is 13.2. The summed E-state index contributed by atoms with van der Waals surface area (Å²) in [6.45, 7) is 0.126. The van der Waals surface area contributed by atoms with E-state index in [1.165, 1.54) is 0 Å². The Balaban J connectivity index is 4.15. The molecular formula is C15H18N3O10+. The maximum atomic E-state index is 11.1. The fourth-order valence-corrected chi connectivity index (χ4v) is 1.44. The first-order valence-corrected chi connectivity index (χ1v) is 7.63. The van der Waals surface area contributed by atoms with E-state index in [0.717, 1.165) is 6.40 Å². The second-order valence-corrected chi connectivity index (χ2v) is 4.81. The summed E-state index contributed by atoms with van der Waals surface area (Å²) in [6.07, 6.45) is 4.14. The van der Waals surface area contributed by atoms with Crippen LogP contribution in [0.5, 0.6) is 0 Å². The van der Waals surface area contributed by atoms with E-state index in [1.807, 2.05) is 0 Å². The number of aliphatic carboxylic acids is 3. The molecule has 0 rings (SSSR count). The van der Waals surface area contributed by atoms with Gasteiger partial charge in [0.2, 0.25) is 6.04 Å². The van der Waals surface area contributed by atoms with Gasteiger partial charge in [-0.15, -0.1) is 0 Å². The third-order valence-electron chi connectivity index (χ3n) is 2.66. The predicted octanol–water partition coefficient (Wildman–Crippen LogP) is -1.55. The number of nitrogens with one attached hydrogen (secondary N) is 1. The van der Waals surface area contributed by atoms with Crippen LogP contribution in [0.3, 0.4) is 0 Å². The van der Waals surface area contributed by atoms with Crippen LogP contribution in [0.15, 0.2) is 34.7 Å². The average Bonchev–Trinajstić information content (AvgIpc) is 2.62. The van der Waals surface area contributed by atoms with Gasteiger partial charge in [0.05, 0.1) is 6.54 Å². The quantitative estimate of drug-likeness (QED) is 0.0533. The molecule has 0 aromatic rings. The molecule has 4 N–H and O–H groups in total. The molecule has 0 spiro atoms. The lowest BCUT2D eigenvalue weighted by Gasteiger charge is -2.01. The molecule has 0 heterocycles. The van der Waals surface area contributed by atoms with Gasteiger partial charge in [-0.1, -0.05) is 0 Å². The van der Waals surface area contributed by atoms with E-state index in [2.05, 4.69) is 25.0 Å². The number of esters is 1. The van der Waals surface area contributed by atoms with Crippen molar-refractivity contribution in [2.24, 2.45) is 10.4 Å². The van der Waals surface area contributed by atoms with Gasteiger partial charge < -0.3 is 20.1 Å². The molecule has 1 atom stereocenters. The molecule has 152 valence electrons. The van der Waals surface area contributed by atoms with Crippen molar-refractivity contribution in [3.05, 3.63) is 24.3 Å². The third-order valence-corrected chi connectivity index (χ3v) is 2.66. The van der Waals surface area contributed by atoms with E-state index in [0.29, 0.717) is 37.1 Å². The third kappa shape index (κ3) is 14.4. The highest BCUT2D eigenvalue weighted by Crippen LogP contribution is 1.99. The van der Waals surface area contributed by atoms with Crippen molar-refractivity contribution in [3.63, 3.8) is 0 Å². The van der Waals surface area contributed by atoms with Crippen LogP contribution in [0, 0.1) is 0 Å². The molecule has 13 nitrogen and oxygen atoms in total. The summed E-state index contributed by atoms with van der Waals surface area (Å²) >= 11 is 0. The van der Waals surface area contributed by atoms with E-state index >= 15 is 0 Å². The second kappa shape index (κ2) is 14.3. The monoisotopic (exact) mass is 400 g/mol. The van der Waals surface area contributed by atoms with Crippen LogP contribution in [0.2, 0.25) is 0 Å². The van der Waals surface area contributed by atoms with Crippen LogP contribution in [0.1, 0.15) is 19.3 Å². The summed E-state index contributed by atoms with van der Waals surface area (Å²) in [6, 6.07) is -1.06. The molecule has 0 aromatic carbocycles. The van der Waals surface area contributed by atoms with Crippen LogP contribution < -0.4 is 4.99 Å². The zero-order valence-corrected chi connectivity index (χ0v) is 14.4. The van der Waals surface area contributed by atoms with E-state index in [4.69, 9.17) is 15.3 Å². The van der Waals surface area contributed by atoms with Gasteiger partial charge in [-0.25, -0.2) is 29.0 Å². The van der Waals surface area contributed by atoms with Gasteiger partial charge in [0.25, 0.3) is 0 Å². The van der Waals surface area contributed by atoms with Crippen molar-refractivity contribution in [2.75, 3.05) is 6.54 Å². The van der Waals surface area contributed by atoms with Gasteiger partial charge in [0.15, 0.2) is 0 Å². The van der Waals surface area contributed by atoms with Crippen LogP contribution in [0.4, 0.5) is 0 Å². The number of hydrogen-bond donors (Lipinski definition) is 4. The molecule has 0 aromatic heterocycles. The molecule has 0 saturated carbocycles. The summed E-state index contributed by atoms with van der Waals surface area (Å²) in [4.78, 5) is 60.1. The molecule has 0 fully saturated rings. The summed E-state index contributed by atoms with van der Waals surface area (Å²) in [5.74, 6) is -5.86. The molecule has 0 aliphatic heterocycles. The number of unbranched alkanes of at least 4 members (excludes halogenated alkanes) is 1. The molecule has 0 saturated heterocycles. The lowest BCUT2D eigenvalue weighted by atomic mass is 10.1. The van der Waals surface area contributed by atoms with Crippen molar-refractivity contribution >= 4 is 36.2 Å². The van der Waals surface area contributed by atoms with Crippen LogP contribution in [0.25, 0.3) is 0 Å². The summed E-state index contributed by atoms with van der Waals surface area (Å²) in [7, 11) is 0. The minimum atomic E-state index is -1.34. The average molecular weight is 400 g/mol. The maximum absolute atomic E-state index is 11.1. The topological polar surface area (TPSA) is 203 Å². The van der Waals surface area contributed by atoms with E-state index in [-0.39, 0.29) is 13.0 Å². The highest BCUT2D eigenvalue weighted by atomic mass is 16.7. The maximum Gasteiger partial charge on any atom is 0.373 e. The summed E-state index contributed by atoms with van der Waals surface area (Å²) in [5.41, 5.74) is 0. The number of hydrogen-bond acceptors (Lipinski definition) is 9. The predicted molar refractivity (Wildman–Crippen MR) is 87.8 cm³/mol. The number of rotatable bonds is 13. The van der Waals surface area contributed by atoms with Gasteiger partial charge in [-0.2, -0.15) is 5.11 Å². The zero-order valence-electron chi connectivity index (χ0n) is 14.4. The van der Waals surface area contributed by atoms with Crippen molar-refractivity contribution in [2.45, 2.75) is 25.3 Å². The standard InChI is InChI=1S/C15H17N3O10/c19-11(20)4-6-13(23)27-9-16-10(15(25)26)3-1-2-8-17-18-28-14(24)7-5-12(21)22/h4-7,9-10H,1-3,8H2,(H,19,20)(H,21,22)(H,25,26)/p+1/b6-4-,7-5-,16-9?,18-17?/t10-/m0/s1. The van der Waals surface area contributed by atoms with Crippen molar-refractivity contribution < 1.29 is 53.9 Å². The van der Waals surface area contributed by atoms with Crippen LogP contribution in [-0.4, -0.2) is 64.2 Å². The Hall–Kier alpha value is -3.90. The van der Waals surface area contributed by atoms with Crippen molar-refractivity contribution in [3.8, 4) is 0 Å². The molecule has 13 heteroatoms. The summed E-state index contributed by atoms with van der Waals surface area (Å²) in [5, 5.41) is 32.3. The van der Waals surface area contributed by atoms with Crippen LogP contribution in [-0.2, 0) is 33.5 Å². The van der Waals surface area contributed by atoms with E-state index < -0.39 is 35.9 Å². The van der Waals surface area contributed by atoms with Gasteiger partial charge in [-0.3, -0.25) is 4.84 Å². The van der Waals surface area contributed by atoms with E-state index in [1.54, 1.807) is 0 Å². The molecule has 0 radical (unpaired) electrons. The van der Waals surface area contributed by atoms with Gasteiger partial charge in [-0.05, 0) is 12.8 Å². The Morgan fingerprint density at radius 1 is 0.893 bits per heavy atom. The molecule has 0 aliphatic rings. The number of carbonyl (C=O) groups is 5. The van der Waals surface area contributed by atoms with Crippen molar-refractivity contribution in [1.29, 1.82) is 0 Å². The fraction of sp³-hybridized carbons (Fsp3) is 0.333. The van der Waals surface area contributed by atoms with E-state index in [9.17, 15) is 24.0 Å². The first-order valence-electron chi connectivity index (χ1n) is 7.63. The Morgan fingerprint density at radius 3 is 2.07 bits per heavy atom. The van der Waals surface area contributed by atoms with Crippen LogP contribution >= 0.6 is 0 Å². The highest BCUT2D eigenvalue weighted by molar-refractivity contribution is 5.93.